The van der Waals surface area contributed by atoms with E-state index in [0.29, 0.717) is 12.0 Å². The van der Waals surface area contributed by atoms with Crippen LogP contribution in [0.2, 0.25) is 0 Å². The summed E-state index contributed by atoms with van der Waals surface area (Å²) in [5.41, 5.74) is 3.13. The molecule has 25 heavy (non-hydrogen) atoms. The number of hydrogen-bond donors (Lipinski definition) is 2. The van der Waals surface area contributed by atoms with Crippen LogP contribution in [-0.4, -0.2) is 25.2 Å². The molecular weight excluding hydrogens is 312 g/mol. The smallest absolute Gasteiger partial charge is 0.251 e. The Morgan fingerprint density at radius 1 is 1.24 bits per heavy atom. The van der Waals surface area contributed by atoms with Crippen molar-refractivity contribution in [2.75, 3.05) is 20.3 Å². The second-order valence-corrected chi connectivity index (χ2v) is 7.15. The van der Waals surface area contributed by atoms with Crippen LogP contribution in [0.5, 0.6) is 0 Å². The molecule has 4 heteroatoms. The van der Waals surface area contributed by atoms with Crippen molar-refractivity contribution in [3.05, 3.63) is 45.7 Å². The van der Waals surface area contributed by atoms with E-state index < -0.39 is 0 Å². The molecule has 0 saturated heterocycles. The van der Waals surface area contributed by atoms with Gasteiger partial charge in [-0.25, -0.2) is 0 Å². The number of aryl methyl sites for hydroxylation is 1. The summed E-state index contributed by atoms with van der Waals surface area (Å²) in [5, 5.41) is 4.84. The minimum absolute atomic E-state index is 0.0322. The summed E-state index contributed by atoms with van der Waals surface area (Å²) in [6.07, 6.45) is 7.35. The number of aromatic nitrogens is 1. The van der Waals surface area contributed by atoms with Crippen molar-refractivity contribution in [2.45, 2.75) is 51.5 Å². The number of H-pyrrole nitrogens is 1. The maximum absolute atomic E-state index is 12.0. The Balaban J connectivity index is 1.92. The van der Waals surface area contributed by atoms with Gasteiger partial charge in [-0.3, -0.25) is 4.79 Å². The van der Waals surface area contributed by atoms with E-state index in [0.717, 1.165) is 36.0 Å². The zero-order valence-electron chi connectivity index (χ0n) is 15.4. The Hall–Kier alpha value is -1.65. The van der Waals surface area contributed by atoms with Gasteiger partial charge >= 0.3 is 0 Å². The van der Waals surface area contributed by atoms with Crippen molar-refractivity contribution in [3.8, 4) is 0 Å². The van der Waals surface area contributed by atoms with Crippen molar-refractivity contribution in [3.63, 3.8) is 0 Å². The van der Waals surface area contributed by atoms with Gasteiger partial charge in [0.1, 0.15) is 0 Å². The molecule has 2 N–H and O–H groups in total. The molecule has 0 amide bonds. The van der Waals surface area contributed by atoms with E-state index in [-0.39, 0.29) is 5.56 Å². The molecule has 1 saturated carbocycles. The number of aromatic amines is 1. The quantitative estimate of drug-likeness (QED) is 0.749. The van der Waals surface area contributed by atoms with Crippen molar-refractivity contribution < 1.29 is 4.74 Å². The third kappa shape index (κ3) is 4.31. The lowest BCUT2D eigenvalue weighted by Crippen LogP contribution is -2.32. The number of rotatable bonds is 7. The van der Waals surface area contributed by atoms with E-state index in [2.05, 4.69) is 28.5 Å². The molecule has 0 bridgehead atoms. The SMILES string of the molecule is CCc1cc2cc(C(NCCOC)C3CCCCC3)ccc2[nH]c1=O. The average Bonchev–Trinajstić information content (AvgIpc) is 2.65. The first-order valence-electron chi connectivity index (χ1n) is 9.61. The van der Waals surface area contributed by atoms with Crippen LogP contribution >= 0.6 is 0 Å². The summed E-state index contributed by atoms with van der Waals surface area (Å²) in [7, 11) is 1.75. The molecule has 2 aromatic rings. The maximum atomic E-state index is 12.0. The Morgan fingerprint density at radius 3 is 2.76 bits per heavy atom. The average molecular weight is 342 g/mol. The van der Waals surface area contributed by atoms with Gasteiger partial charge in [-0.15, -0.1) is 0 Å². The zero-order valence-corrected chi connectivity index (χ0v) is 15.4. The molecule has 136 valence electrons. The molecule has 1 unspecified atom stereocenters. The molecule has 1 atom stereocenters. The first kappa shape index (κ1) is 18.2. The highest BCUT2D eigenvalue weighted by Crippen LogP contribution is 2.35. The molecule has 0 radical (unpaired) electrons. The minimum atomic E-state index is 0.0322. The van der Waals surface area contributed by atoms with Gasteiger partial charge in [0.05, 0.1) is 6.61 Å². The van der Waals surface area contributed by atoms with Gasteiger partial charge in [-0.2, -0.15) is 0 Å². The predicted molar refractivity (Wildman–Crippen MR) is 103 cm³/mol. The maximum Gasteiger partial charge on any atom is 0.251 e. The fourth-order valence-corrected chi connectivity index (χ4v) is 4.07. The van der Waals surface area contributed by atoms with Gasteiger partial charge in [0, 0.05) is 30.8 Å². The van der Waals surface area contributed by atoms with E-state index in [1.165, 1.54) is 37.7 Å². The molecular formula is C21H30N2O2. The Morgan fingerprint density at radius 2 is 2.04 bits per heavy atom. The minimum Gasteiger partial charge on any atom is -0.383 e. The van der Waals surface area contributed by atoms with Crippen LogP contribution in [0.15, 0.2) is 29.1 Å². The zero-order chi connectivity index (χ0) is 17.6. The van der Waals surface area contributed by atoms with Gasteiger partial charge in [0.15, 0.2) is 0 Å². The molecule has 1 aromatic heterocycles. The molecule has 0 aliphatic heterocycles. The highest BCUT2D eigenvalue weighted by atomic mass is 16.5. The van der Waals surface area contributed by atoms with E-state index in [4.69, 9.17) is 4.74 Å². The van der Waals surface area contributed by atoms with Gasteiger partial charge in [0.25, 0.3) is 5.56 Å². The van der Waals surface area contributed by atoms with Crippen LogP contribution in [0, 0.1) is 5.92 Å². The largest absolute Gasteiger partial charge is 0.383 e. The van der Waals surface area contributed by atoms with Crippen LogP contribution in [0.1, 0.15) is 56.2 Å². The van der Waals surface area contributed by atoms with Gasteiger partial charge in [-0.05, 0) is 54.3 Å². The van der Waals surface area contributed by atoms with E-state index >= 15 is 0 Å². The fourth-order valence-electron chi connectivity index (χ4n) is 4.07. The molecule has 4 nitrogen and oxygen atoms in total. The standard InChI is InChI=1S/C21H30N2O2/c1-3-15-13-18-14-17(9-10-19(18)23-21(15)24)20(22-11-12-25-2)16-7-5-4-6-8-16/h9-10,13-14,16,20,22H,3-8,11-12H2,1-2H3,(H,23,24). The number of ether oxygens (including phenoxy) is 1. The van der Waals surface area contributed by atoms with Gasteiger partial charge in [0.2, 0.25) is 0 Å². The summed E-state index contributed by atoms with van der Waals surface area (Å²) in [6.45, 7) is 3.61. The highest BCUT2D eigenvalue weighted by Gasteiger charge is 2.24. The lowest BCUT2D eigenvalue weighted by atomic mass is 9.81. The number of hydrogen-bond acceptors (Lipinski definition) is 3. The third-order valence-electron chi connectivity index (χ3n) is 5.48. The Labute approximate surface area is 150 Å². The predicted octanol–water partition coefficient (Wildman–Crippen LogP) is 3.95. The van der Waals surface area contributed by atoms with Crippen LogP contribution in [0.25, 0.3) is 10.9 Å². The molecule has 3 rings (SSSR count). The molecule has 1 heterocycles. The fraction of sp³-hybridized carbons (Fsp3) is 0.571. The number of fused-ring (bicyclic) bond motifs is 1. The summed E-state index contributed by atoms with van der Waals surface area (Å²) in [5.74, 6) is 0.677. The number of nitrogens with one attached hydrogen (secondary N) is 2. The summed E-state index contributed by atoms with van der Waals surface area (Å²) in [4.78, 5) is 15.0. The van der Waals surface area contributed by atoms with Crippen LogP contribution in [0.4, 0.5) is 0 Å². The first-order chi connectivity index (χ1) is 12.2. The van der Waals surface area contributed by atoms with Crippen molar-refractivity contribution in [1.29, 1.82) is 0 Å². The Kier molecular flexibility index (Phi) is 6.27. The van der Waals surface area contributed by atoms with Crippen molar-refractivity contribution >= 4 is 10.9 Å². The molecule has 0 spiro atoms. The van der Waals surface area contributed by atoms with E-state index in [1.54, 1.807) is 7.11 Å². The molecule has 1 fully saturated rings. The highest BCUT2D eigenvalue weighted by molar-refractivity contribution is 5.79. The van der Waals surface area contributed by atoms with E-state index in [9.17, 15) is 4.79 Å². The summed E-state index contributed by atoms with van der Waals surface area (Å²) < 4.78 is 5.23. The van der Waals surface area contributed by atoms with Crippen LogP contribution < -0.4 is 10.9 Å². The monoisotopic (exact) mass is 342 g/mol. The number of methoxy groups -OCH3 is 1. The van der Waals surface area contributed by atoms with Crippen molar-refractivity contribution in [2.24, 2.45) is 5.92 Å². The van der Waals surface area contributed by atoms with Gasteiger partial charge in [-0.1, -0.05) is 32.3 Å². The van der Waals surface area contributed by atoms with Crippen molar-refractivity contribution in [1.82, 2.24) is 10.3 Å². The lowest BCUT2D eigenvalue weighted by Gasteiger charge is -2.31. The normalized spacial score (nSPS) is 17.0. The summed E-state index contributed by atoms with van der Waals surface area (Å²) >= 11 is 0. The van der Waals surface area contributed by atoms with Gasteiger partial charge < -0.3 is 15.0 Å². The molecule has 1 aromatic carbocycles. The lowest BCUT2D eigenvalue weighted by molar-refractivity contribution is 0.184. The number of benzene rings is 1. The molecule has 1 aliphatic rings. The first-order valence-corrected chi connectivity index (χ1v) is 9.61. The van der Waals surface area contributed by atoms with E-state index in [1.807, 2.05) is 13.0 Å². The topological polar surface area (TPSA) is 54.1 Å². The van der Waals surface area contributed by atoms with Crippen LogP contribution in [0.3, 0.4) is 0 Å². The van der Waals surface area contributed by atoms with Crippen LogP contribution in [-0.2, 0) is 11.2 Å². The second-order valence-electron chi connectivity index (χ2n) is 7.15. The number of pyridine rings is 1. The Bertz CT molecular complexity index is 747. The molecule has 1 aliphatic carbocycles. The second kappa shape index (κ2) is 8.63. The third-order valence-corrected chi connectivity index (χ3v) is 5.48. The summed E-state index contributed by atoms with van der Waals surface area (Å²) in [6, 6.07) is 8.88.